The molecule has 130 valence electrons. The molecule has 2 aromatic carbocycles. The highest BCUT2D eigenvalue weighted by atomic mass is 32.2. The number of hydrogen-bond donors (Lipinski definition) is 1. The first-order valence-electron chi connectivity index (χ1n) is 7.83. The van der Waals surface area contributed by atoms with Crippen LogP contribution in [0.3, 0.4) is 0 Å². The molecule has 0 radical (unpaired) electrons. The van der Waals surface area contributed by atoms with Crippen LogP contribution in [-0.2, 0) is 21.1 Å². The summed E-state index contributed by atoms with van der Waals surface area (Å²) in [7, 11) is -3.68. The normalized spacial score (nSPS) is 11.6. The first-order valence-corrected chi connectivity index (χ1v) is 9.48. The Balaban J connectivity index is 1.72. The molecule has 0 aliphatic carbocycles. The van der Waals surface area contributed by atoms with E-state index in [0.717, 1.165) is 12.0 Å². The number of benzene rings is 2. The number of aromatic nitrogens is 2. The molecule has 0 saturated carbocycles. The van der Waals surface area contributed by atoms with Crippen LogP contribution in [0.2, 0.25) is 0 Å². The van der Waals surface area contributed by atoms with Crippen molar-refractivity contribution in [1.82, 2.24) is 10.3 Å². The number of carbonyl (C=O) groups excluding carboxylic acids is 1. The number of rotatable bonds is 6. The smallest absolute Gasteiger partial charge is 0.225 e. The first kappa shape index (κ1) is 17.1. The minimum absolute atomic E-state index is 0.0213. The van der Waals surface area contributed by atoms with Crippen molar-refractivity contribution in [1.29, 1.82) is 0 Å². The number of hydrogen-bond acceptors (Lipinski definition) is 6. The van der Waals surface area contributed by atoms with E-state index < -0.39 is 9.84 Å². The number of sulfone groups is 1. The summed E-state index contributed by atoms with van der Waals surface area (Å²) in [5.74, 6) is -0.672. The maximum Gasteiger partial charge on any atom is 0.225 e. The zero-order chi connectivity index (χ0) is 17.9. The number of nitrogens with one attached hydrogen (secondary N) is 1. The van der Waals surface area contributed by atoms with Gasteiger partial charge in [0.05, 0.1) is 10.6 Å². The average Bonchev–Trinajstić information content (AvgIpc) is 3.09. The quantitative estimate of drug-likeness (QED) is 0.726. The fourth-order valence-corrected chi connectivity index (χ4v) is 3.93. The van der Waals surface area contributed by atoms with E-state index in [2.05, 4.69) is 20.3 Å². The van der Waals surface area contributed by atoms with Gasteiger partial charge in [0, 0.05) is 12.1 Å². The standard InChI is InChI=1S/C17H17N3O4S/c1-2-12-6-3-4-7-13(12)18-16(21)10-11-25(22,23)15-9-5-8-14-17(15)20-24-19-14/h3-9H,2,10-11H2,1H3,(H,18,21). The van der Waals surface area contributed by atoms with Gasteiger partial charge in [0.1, 0.15) is 5.52 Å². The molecule has 7 nitrogen and oxygen atoms in total. The fourth-order valence-electron chi connectivity index (χ4n) is 2.53. The van der Waals surface area contributed by atoms with Gasteiger partial charge < -0.3 is 5.32 Å². The SMILES string of the molecule is CCc1ccccc1NC(=O)CCS(=O)(=O)c1cccc2nonc12. The van der Waals surface area contributed by atoms with Crippen molar-refractivity contribution in [3.8, 4) is 0 Å². The van der Waals surface area contributed by atoms with E-state index in [1.165, 1.54) is 6.07 Å². The molecule has 8 heteroatoms. The van der Waals surface area contributed by atoms with Gasteiger partial charge >= 0.3 is 0 Å². The van der Waals surface area contributed by atoms with Crippen molar-refractivity contribution >= 4 is 32.5 Å². The Morgan fingerprint density at radius 1 is 1.12 bits per heavy atom. The number of carbonyl (C=O) groups is 1. The Bertz CT molecular complexity index is 1010. The molecule has 0 aliphatic heterocycles. The summed E-state index contributed by atoms with van der Waals surface area (Å²) in [6, 6.07) is 12.1. The highest BCUT2D eigenvalue weighted by Gasteiger charge is 2.21. The highest BCUT2D eigenvalue weighted by molar-refractivity contribution is 7.91. The zero-order valence-corrected chi connectivity index (χ0v) is 14.4. The molecule has 0 atom stereocenters. The summed E-state index contributed by atoms with van der Waals surface area (Å²) in [5.41, 5.74) is 2.24. The summed E-state index contributed by atoms with van der Waals surface area (Å²) in [6.45, 7) is 1.99. The molecule has 1 heterocycles. The molecule has 1 N–H and O–H groups in total. The molecule has 0 bridgehead atoms. The van der Waals surface area contributed by atoms with Crippen LogP contribution in [0.5, 0.6) is 0 Å². The van der Waals surface area contributed by atoms with Crippen LogP contribution in [0.4, 0.5) is 5.69 Å². The van der Waals surface area contributed by atoms with Crippen LogP contribution in [0.1, 0.15) is 18.9 Å². The maximum atomic E-state index is 12.5. The molecule has 0 fully saturated rings. The van der Waals surface area contributed by atoms with Gasteiger partial charge in [-0.25, -0.2) is 13.0 Å². The van der Waals surface area contributed by atoms with E-state index in [1.54, 1.807) is 18.2 Å². The number of aryl methyl sites for hydroxylation is 1. The molecular weight excluding hydrogens is 342 g/mol. The number of para-hydroxylation sites is 1. The monoisotopic (exact) mass is 359 g/mol. The van der Waals surface area contributed by atoms with E-state index in [9.17, 15) is 13.2 Å². The highest BCUT2D eigenvalue weighted by Crippen LogP contribution is 2.22. The van der Waals surface area contributed by atoms with Gasteiger partial charge in [-0.05, 0) is 40.5 Å². The lowest BCUT2D eigenvalue weighted by Crippen LogP contribution is -2.18. The van der Waals surface area contributed by atoms with Crippen LogP contribution >= 0.6 is 0 Å². The predicted octanol–water partition coefficient (Wildman–Crippen LogP) is 2.59. The Morgan fingerprint density at radius 2 is 1.92 bits per heavy atom. The Kier molecular flexibility index (Phi) is 4.80. The van der Waals surface area contributed by atoms with Gasteiger partial charge in [0.2, 0.25) is 5.91 Å². The van der Waals surface area contributed by atoms with E-state index in [0.29, 0.717) is 11.2 Å². The van der Waals surface area contributed by atoms with Gasteiger partial charge in [-0.2, -0.15) is 0 Å². The number of anilines is 1. The van der Waals surface area contributed by atoms with Crippen LogP contribution < -0.4 is 5.32 Å². The lowest BCUT2D eigenvalue weighted by atomic mass is 10.1. The molecule has 1 aromatic heterocycles. The molecule has 25 heavy (non-hydrogen) atoms. The maximum absolute atomic E-state index is 12.5. The number of nitrogens with zero attached hydrogens (tertiary/aromatic N) is 2. The molecule has 0 aliphatic rings. The van der Waals surface area contributed by atoms with Gasteiger partial charge in [0.15, 0.2) is 15.4 Å². The van der Waals surface area contributed by atoms with Gasteiger partial charge in [0.25, 0.3) is 0 Å². The average molecular weight is 359 g/mol. The van der Waals surface area contributed by atoms with Crippen LogP contribution in [0.25, 0.3) is 11.0 Å². The minimum atomic E-state index is -3.68. The van der Waals surface area contributed by atoms with Crippen molar-refractivity contribution in [2.45, 2.75) is 24.7 Å². The summed E-state index contributed by atoms with van der Waals surface area (Å²) >= 11 is 0. The van der Waals surface area contributed by atoms with Gasteiger partial charge in [-0.15, -0.1) is 0 Å². The van der Waals surface area contributed by atoms with E-state index in [4.69, 9.17) is 0 Å². The summed E-state index contributed by atoms with van der Waals surface area (Å²) in [6.07, 6.45) is 0.623. The molecule has 0 spiro atoms. The van der Waals surface area contributed by atoms with Crippen molar-refractivity contribution < 1.29 is 17.8 Å². The first-order chi connectivity index (χ1) is 12.0. The molecular formula is C17H17N3O4S. The second kappa shape index (κ2) is 7.02. The van der Waals surface area contributed by atoms with Gasteiger partial charge in [-0.3, -0.25) is 4.79 Å². The third-order valence-electron chi connectivity index (χ3n) is 3.85. The Morgan fingerprint density at radius 3 is 2.72 bits per heavy atom. The van der Waals surface area contributed by atoms with Crippen molar-refractivity contribution in [3.05, 3.63) is 48.0 Å². The van der Waals surface area contributed by atoms with E-state index >= 15 is 0 Å². The Labute approximate surface area is 144 Å². The topological polar surface area (TPSA) is 102 Å². The number of amides is 1. The second-order valence-electron chi connectivity index (χ2n) is 5.52. The van der Waals surface area contributed by atoms with E-state index in [1.807, 2.05) is 25.1 Å². The van der Waals surface area contributed by atoms with Crippen LogP contribution in [0.15, 0.2) is 52.0 Å². The van der Waals surface area contributed by atoms with Crippen LogP contribution in [-0.4, -0.2) is 30.4 Å². The van der Waals surface area contributed by atoms with Gasteiger partial charge in [-0.1, -0.05) is 31.2 Å². The third-order valence-corrected chi connectivity index (χ3v) is 5.60. The molecule has 3 aromatic rings. The lowest BCUT2D eigenvalue weighted by Gasteiger charge is -2.10. The van der Waals surface area contributed by atoms with Crippen molar-refractivity contribution in [3.63, 3.8) is 0 Å². The molecule has 0 saturated heterocycles. The van der Waals surface area contributed by atoms with Crippen LogP contribution in [0, 0.1) is 0 Å². The Hall–Kier alpha value is -2.74. The van der Waals surface area contributed by atoms with Crippen molar-refractivity contribution in [2.75, 3.05) is 11.1 Å². The number of fused-ring (bicyclic) bond motifs is 1. The summed E-state index contributed by atoms with van der Waals surface area (Å²) in [4.78, 5) is 12.2. The van der Waals surface area contributed by atoms with E-state index in [-0.39, 0.29) is 28.5 Å². The molecule has 0 unspecified atom stereocenters. The minimum Gasteiger partial charge on any atom is -0.326 e. The zero-order valence-electron chi connectivity index (χ0n) is 13.6. The summed E-state index contributed by atoms with van der Waals surface area (Å²) in [5, 5.41) is 10.0. The fraction of sp³-hybridized carbons (Fsp3) is 0.235. The molecule has 1 amide bonds. The molecule has 3 rings (SSSR count). The van der Waals surface area contributed by atoms with Crippen molar-refractivity contribution in [2.24, 2.45) is 0 Å². The second-order valence-corrected chi connectivity index (χ2v) is 7.59. The summed E-state index contributed by atoms with van der Waals surface area (Å²) < 4.78 is 29.7. The lowest BCUT2D eigenvalue weighted by molar-refractivity contribution is -0.115. The largest absolute Gasteiger partial charge is 0.326 e. The predicted molar refractivity (Wildman–Crippen MR) is 92.9 cm³/mol. The third kappa shape index (κ3) is 3.69.